The fourth-order valence-electron chi connectivity index (χ4n) is 3.46. The van der Waals surface area contributed by atoms with Gasteiger partial charge in [0.05, 0.1) is 6.20 Å². The van der Waals surface area contributed by atoms with Gasteiger partial charge < -0.3 is 10.6 Å². The van der Waals surface area contributed by atoms with Crippen molar-refractivity contribution in [3.8, 4) is 0 Å². The lowest BCUT2D eigenvalue weighted by Crippen LogP contribution is -2.43. The average Bonchev–Trinajstić information content (AvgIpc) is 3.01. The third-order valence-corrected chi connectivity index (χ3v) is 4.45. The molecular weight excluding hydrogens is 280 g/mol. The first-order chi connectivity index (χ1) is 10.5. The third kappa shape index (κ3) is 1.46. The Hall–Kier alpha value is -2.63. The number of fused-ring (bicyclic) bond motifs is 4. The Morgan fingerprint density at radius 1 is 1.18 bits per heavy atom. The fourth-order valence-corrected chi connectivity index (χ4v) is 3.46. The number of carbonyl (C=O) groups is 2. The number of benzene rings is 1. The molecule has 0 saturated heterocycles. The van der Waals surface area contributed by atoms with Crippen molar-refractivity contribution in [3.63, 3.8) is 0 Å². The standard InChI is InChI=1S/C16H16N4O2/c1-9(2)20-14-11(8-17-20)16(7-13(21)19-14)10-5-3-4-6-12(10)18-15(16)22/h3-6,8-9H,7H2,1-2H3,(H,18,22)(H,19,21)/t16-/m1/s1. The lowest BCUT2D eigenvalue weighted by Gasteiger charge is -2.31. The van der Waals surface area contributed by atoms with Gasteiger partial charge in [0.25, 0.3) is 0 Å². The van der Waals surface area contributed by atoms with Crippen LogP contribution in [0.4, 0.5) is 11.5 Å². The molecule has 0 saturated carbocycles. The lowest BCUT2D eigenvalue weighted by atomic mass is 9.72. The molecule has 1 atom stereocenters. The van der Waals surface area contributed by atoms with E-state index in [9.17, 15) is 9.59 Å². The second kappa shape index (κ2) is 4.19. The number of para-hydroxylation sites is 1. The van der Waals surface area contributed by atoms with Crippen molar-refractivity contribution in [2.24, 2.45) is 0 Å². The number of rotatable bonds is 1. The fraction of sp³-hybridized carbons (Fsp3) is 0.312. The molecule has 0 fully saturated rings. The van der Waals surface area contributed by atoms with Gasteiger partial charge in [-0.05, 0) is 25.5 Å². The molecule has 1 aromatic carbocycles. The van der Waals surface area contributed by atoms with E-state index in [1.807, 2.05) is 38.1 Å². The minimum atomic E-state index is -0.971. The van der Waals surface area contributed by atoms with E-state index >= 15 is 0 Å². The topological polar surface area (TPSA) is 76.0 Å². The number of hydrogen-bond donors (Lipinski definition) is 2. The van der Waals surface area contributed by atoms with Crippen molar-refractivity contribution in [1.82, 2.24) is 9.78 Å². The number of hydrogen-bond acceptors (Lipinski definition) is 3. The van der Waals surface area contributed by atoms with Gasteiger partial charge in [-0.15, -0.1) is 0 Å². The highest BCUT2D eigenvalue weighted by atomic mass is 16.2. The molecule has 0 radical (unpaired) electrons. The predicted molar refractivity (Wildman–Crippen MR) is 81.7 cm³/mol. The predicted octanol–water partition coefficient (Wildman–Crippen LogP) is 2.04. The maximum Gasteiger partial charge on any atom is 0.240 e. The van der Waals surface area contributed by atoms with E-state index in [2.05, 4.69) is 15.7 Å². The van der Waals surface area contributed by atoms with Crippen molar-refractivity contribution >= 4 is 23.3 Å². The normalized spacial score (nSPS) is 22.5. The third-order valence-electron chi connectivity index (χ3n) is 4.45. The van der Waals surface area contributed by atoms with Crippen LogP contribution in [0.25, 0.3) is 0 Å². The molecule has 4 rings (SSSR count). The quantitative estimate of drug-likeness (QED) is 0.845. The van der Waals surface area contributed by atoms with Crippen LogP contribution < -0.4 is 10.6 Å². The van der Waals surface area contributed by atoms with Gasteiger partial charge in [0.2, 0.25) is 11.8 Å². The molecule has 1 aromatic heterocycles. The van der Waals surface area contributed by atoms with E-state index in [-0.39, 0.29) is 24.3 Å². The SMILES string of the molecule is CC(C)n1ncc2c1NC(=O)C[C@]21C(=O)Nc2ccccc21. The van der Waals surface area contributed by atoms with Crippen LogP contribution in [0.15, 0.2) is 30.5 Å². The number of aromatic nitrogens is 2. The van der Waals surface area contributed by atoms with E-state index in [1.54, 1.807) is 10.9 Å². The molecule has 6 nitrogen and oxygen atoms in total. The van der Waals surface area contributed by atoms with Crippen molar-refractivity contribution < 1.29 is 9.59 Å². The molecule has 2 aromatic rings. The summed E-state index contributed by atoms with van der Waals surface area (Å²) in [6.07, 6.45) is 1.81. The number of amides is 2. The van der Waals surface area contributed by atoms with Crippen molar-refractivity contribution in [2.75, 3.05) is 10.6 Å². The van der Waals surface area contributed by atoms with Crippen molar-refractivity contribution in [3.05, 3.63) is 41.6 Å². The minimum Gasteiger partial charge on any atom is -0.325 e. The van der Waals surface area contributed by atoms with Crippen LogP contribution >= 0.6 is 0 Å². The molecule has 22 heavy (non-hydrogen) atoms. The van der Waals surface area contributed by atoms with E-state index < -0.39 is 5.41 Å². The maximum absolute atomic E-state index is 12.8. The maximum atomic E-state index is 12.8. The monoisotopic (exact) mass is 296 g/mol. The summed E-state index contributed by atoms with van der Waals surface area (Å²) in [6.45, 7) is 3.98. The van der Waals surface area contributed by atoms with E-state index in [0.29, 0.717) is 5.82 Å². The Labute approximate surface area is 127 Å². The first kappa shape index (κ1) is 13.1. The molecule has 2 aliphatic rings. The minimum absolute atomic E-state index is 0.0962. The molecule has 2 aliphatic heterocycles. The van der Waals surface area contributed by atoms with Gasteiger partial charge >= 0.3 is 0 Å². The van der Waals surface area contributed by atoms with Crippen molar-refractivity contribution in [1.29, 1.82) is 0 Å². The van der Waals surface area contributed by atoms with E-state index in [4.69, 9.17) is 0 Å². The summed E-state index contributed by atoms with van der Waals surface area (Å²) in [5.41, 5.74) is 1.41. The van der Waals surface area contributed by atoms with Crippen LogP contribution in [0, 0.1) is 0 Å². The molecule has 2 N–H and O–H groups in total. The lowest BCUT2D eigenvalue weighted by molar-refractivity contribution is -0.125. The van der Waals surface area contributed by atoms with Crippen LogP contribution in [-0.2, 0) is 15.0 Å². The first-order valence-electron chi connectivity index (χ1n) is 7.33. The number of nitrogens with one attached hydrogen (secondary N) is 2. The van der Waals surface area contributed by atoms with Gasteiger partial charge in [-0.25, -0.2) is 4.68 Å². The Bertz CT molecular complexity index is 808. The second-order valence-corrected chi connectivity index (χ2v) is 6.08. The van der Waals surface area contributed by atoms with E-state index in [0.717, 1.165) is 16.8 Å². The number of anilines is 2. The van der Waals surface area contributed by atoms with Gasteiger partial charge in [-0.3, -0.25) is 9.59 Å². The smallest absolute Gasteiger partial charge is 0.240 e. The highest BCUT2D eigenvalue weighted by Crippen LogP contribution is 2.49. The summed E-state index contributed by atoms with van der Waals surface area (Å²) in [5, 5.41) is 10.2. The number of carbonyl (C=O) groups excluding carboxylic acids is 2. The highest BCUT2D eigenvalue weighted by molar-refractivity contribution is 6.14. The first-order valence-corrected chi connectivity index (χ1v) is 7.33. The van der Waals surface area contributed by atoms with Gasteiger partial charge in [0.15, 0.2) is 0 Å². The van der Waals surface area contributed by atoms with Crippen LogP contribution in [-0.4, -0.2) is 21.6 Å². The summed E-state index contributed by atoms with van der Waals surface area (Å²) >= 11 is 0. The molecule has 2 amide bonds. The van der Waals surface area contributed by atoms with Crippen LogP contribution in [0.2, 0.25) is 0 Å². The molecule has 0 bridgehead atoms. The average molecular weight is 296 g/mol. The Balaban J connectivity index is 2.02. The molecule has 0 unspecified atom stereocenters. The van der Waals surface area contributed by atoms with Crippen molar-refractivity contribution in [2.45, 2.75) is 31.7 Å². The molecule has 1 spiro atoms. The highest BCUT2D eigenvalue weighted by Gasteiger charge is 2.54. The number of nitrogens with zero attached hydrogens (tertiary/aromatic N) is 2. The summed E-state index contributed by atoms with van der Waals surface area (Å²) in [5.74, 6) is 0.299. The molecule has 6 heteroatoms. The Morgan fingerprint density at radius 2 is 1.95 bits per heavy atom. The molecule has 112 valence electrons. The summed E-state index contributed by atoms with van der Waals surface area (Å²) in [6, 6.07) is 7.63. The zero-order valence-corrected chi connectivity index (χ0v) is 12.4. The van der Waals surface area contributed by atoms with Crippen LogP contribution in [0.3, 0.4) is 0 Å². The largest absolute Gasteiger partial charge is 0.325 e. The van der Waals surface area contributed by atoms with E-state index in [1.165, 1.54) is 0 Å². The summed E-state index contributed by atoms with van der Waals surface area (Å²) in [7, 11) is 0. The molecule has 3 heterocycles. The Kier molecular flexibility index (Phi) is 2.49. The van der Waals surface area contributed by atoms with Gasteiger partial charge in [0, 0.05) is 23.7 Å². The van der Waals surface area contributed by atoms with Gasteiger partial charge in [-0.2, -0.15) is 5.10 Å². The van der Waals surface area contributed by atoms with Crippen LogP contribution in [0.1, 0.15) is 37.4 Å². The second-order valence-electron chi connectivity index (χ2n) is 6.08. The summed E-state index contributed by atoms with van der Waals surface area (Å²) in [4.78, 5) is 25.1. The zero-order valence-electron chi connectivity index (χ0n) is 12.4. The van der Waals surface area contributed by atoms with Crippen LogP contribution in [0.5, 0.6) is 0 Å². The van der Waals surface area contributed by atoms with Gasteiger partial charge in [-0.1, -0.05) is 18.2 Å². The zero-order chi connectivity index (χ0) is 15.5. The summed E-state index contributed by atoms with van der Waals surface area (Å²) < 4.78 is 1.75. The molecular formula is C16H16N4O2. The Morgan fingerprint density at radius 3 is 2.73 bits per heavy atom. The molecule has 0 aliphatic carbocycles. The van der Waals surface area contributed by atoms with Gasteiger partial charge in [0.1, 0.15) is 11.2 Å².